The van der Waals surface area contributed by atoms with Gasteiger partial charge in [0.05, 0.1) is 13.4 Å². The average molecular weight is 152 g/mol. The van der Waals surface area contributed by atoms with E-state index in [4.69, 9.17) is 13.6 Å². The predicted molar refractivity (Wildman–Crippen MR) is 43.5 cm³/mol. The molecule has 11 heavy (non-hydrogen) atoms. The molecule has 2 bridgehead atoms. The van der Waals surface area contributed by atoms with Crippen LogP contribution in [0.5, 0.6) is 0 Å². The van der Waals surface area contributed by atoms with Crippen molar-refractivity contribution in [3.63, 3.8) is 0 Å². The molecule has 0 aromatic rings. The minimum atomic E-state index is -0.828. The van der Waals surface area contributed by atoms with Gasteiger partial charge in [-0.25, -0.2) is 0 Å². The van der Waals surface area contributed by atoms with Gasteiger partial charge in [-0.15, -0.1) is 0 Å². The maximum Gasteiger partial charge on any atom is 0.0885 e. The van der Waals surface area contributed by atoms with Crippen molar-refractivity contribution in [2.75, 3.05) is 26.2 Å². The van der Waals surface area contributed by atoms with Crippen LogP contribution in [0.3, 0.4) is 0 Å². The number of hydrogen-bond acceptors (Lipinski definition) is 3. The van der Waals surface area contributed by atoms with Crippen LogP contribution in [-0.4, -0.2) is 49.6 Å². The molecule has 0 amide bonds. The van der Waals surface area contributed by atoms with Crippen molar-refractivity contribution >= 4 is 7.85 Å². The first-order valence-corrected chi connectivity index (χ1v) is 4.03. The highest BCUT2D eigenvalue weighted by atomic mass is 16.3. The van der Waals surface area contributed by atoms with E-state index in [2.05, 4.69) is 4.90 Å². The first-order chi connectivity index (χ1) is 5.10. The topological polar surface area (TPSA) is 49.5 Å². The standard InChI is InChI=1S/C7H13BN2O/c8-6-1-2-10(4-6)5-7(6,11)3-9/h11H,1-5,9H2. The fourth-order valence-corrected chi connectivity index (χ4v) is 2.22. The van der Waals surface area contributed by atoms with Crippen LogP contribution in [0.15, 0.2) is 0 Å². The Morgan fingerprint density at radius 1 is 1.55 bits per heavy atom. The van der Waals surface area contributed by atoms with E-state index in [-0.39, 0.29) is 6.54 Å². The Morgan fingerprint density at radius 3 is 2.55 bits per heavy atom. The molecule has 2 saturated heterocycles. The van der Waals surface area contributed by atoms with Crippen LogP contribution in [0.4, 0.5) is 0 Å². The molecule has 2 fully saturated rings. The third kappa shape index (κ3) is 0.804. The van der Waals surface area contributed by atoms with Gasteiger partial charge in [0.1, 0.15) is 0 Å². The van der Waals surface area contributed by atoms with E-state index in [0.717, 1.165) is 19.5 Å². The van der Waals surface area contributed by atoms with Crippen molar-refractivity contribution in [3.05, 3.63) is 0 Å². The van der Waals surface area contributed by atoms with Crippen LogP contribution < -0.4 is 5.73 Å². The quantitative estimate of drug-likeness (QED) is 0.460. The number of piperidine rings is 1. The van der Waals surface area contributed by atoms with Gasteiger partial charge in [-0.2, -0.15) is 0 Å². The van der Waals surface area contributed by atoms with Crippen molar-refractivity contribution in [3.8, 4) is 0 Å². The zero-order chi connectivity index (χ0) is 8.11. The second kappa shape index (κ2) is 2.00. The average Bonchev–Trinajstić information content (AvgIpc) is 2.42. The molecule has 3 N–H and O–H groups in total. The molecule has 0 spiro atoms. The molecule has 3 nitrogen and oxygen atoms in total. The molecule has 3 unspecified atom stereocenters. The summed E-state index contributed by atoms with van der Waals surface area (Å²) in [6, 6.07) is 0. The zero-order valence-corrected chi connectivity index (χ0v) is 6.58. The van der Waals surface area contributed by atoms with E-state index in [0.29, 0.717) is 6.54 Å². The van der Waals surface area contributed by atoms with E-state index in [9.17, 15) is 5.11 Å². The fraction of sp³-hybridized carbons (Fsp3) is 1.00. The summed E-state index contributed by atoms with van der Waals surface area (Å²) in [5.41, 5.74) is 4.66. The second-order valence-corrected chi connectivity index (χ2v) is 3.85. The number of hydrogen-bond donors (Lipinski definition) is 2. The summed E-state index contributed by atoms with van der Waals surface area (Å²) in [6.45, 7) is 2.75. The third-order valence-electron chi connectivity index (χ3n) is 3.13. The number of rotatable bonds is 1. The predicted octanol–water partition coefficient (Wildman–Crippen LogP) is -1.28. The van der Waals surface area contributed by atoms with Crippen molar-refractivity contribution in [1.82, 2.24) is 4.90 Å². The number of nitrogens with zero attached hydrogens (tertiary/aromatic N) is 1. The molecule has 2 aliphatic heterocycles. The molecular formula is C7H13BN2O. The van der Waals surface area contributed by atoms with Gasteiger partial charge in [0.25, 0.3) is 0 Å². The lowest BCUT2D eigenvalue weighted by Crippen LogP contribution is -2.51. The van der Waals surface area contributed by atoms with Crippen LogP contribution in [-0.2, 0) is 0 Å². The van der Waals surface area contributed by atoms with Crippen molar-refractivity contribution in [1.29, 1.82) is 0 Å². The maximum atomic E-state index is 9.96. The largest absolute Gasteiger partial charge is 0.387 e. The number of fused-ring (bicyclic) bond motifs is 2. The van der Waals surface area contributed by atoms with Gasteiger partial charge in [0, 0.05) is 13.1 Å². The van der Waals surface area contributed by atoms with Crippen molar-refractivity contribution in [2.24, 2.45) is 5.73 Å². The Morgan fingerprint density at radius 2 is 2.27 bits per heavy atom. The van der Waals surface area contributed by atoms with E-state index in [1.165, 1.54) is 0 Å². The Balaban J connectivity index is 2.27. The van der Waals surface area contributed by atoms with E-state index in [1.54, 1.807) is 0 Å². The molecule has 4 heteroatoms. The monoisotopic (exact) mass is 152 g/mol. The first-order valence-electron chi connectivity index (χ1n) is 4.03. The van der Waals surface area contributed by atoms with Gasteiger partial charge in [-0.3, -0.25) is 0 Å². The summed E-state index contributed by atoms with van der Waals surface area (Å²) in [5.74, 6) is 0. The molecule has 0 aromatic carbocycles. The summed E-state index contributed by atoms with van der Waals surface area (Å²) in [6.07, 6.45) is 0.876. The lowest BCUT2D eigenvalue weighted by Gasteiger charge is -2.39. The highest BCUT2D eigenvalue weighted by Gasteiger charge is 2.56. The van der Waals surface area contributed by atoms with Gasteiger partial charge in [0.15, 0.2) is 0 Å². The minimum Gasteiger partial charge on any atom is -0.387 e. The SMILES string of the molecule is [B]C12CCN(C1)CC2(O)CN. The molecule has 60 valence electrons. The Labute approximate surface area is 68.0 Å². The molecule has 0 aromatic heterocycles. The second-order valence-electron chi connectivity index (χ2n) is 3.85. The van der Waals surface area contributed by atoms with Gasteiger partial charge in [0.2, 0.25) is 0 Å². The van der Waals surface area contributed by atoms with Crippen LogP contribution in [0.1, 0.15) is 6.42 Å². The summed E-state index contributed by atoms with van der Waals surface area (Å²) >= 11 is 0. The molecule has 2 aliphatic rings. The van der Waals surface area contributed by atoms with Crippen LogP contribution >= 0.6 is 0 Å². The van der Waals surface area contributed by atoms with Crippen LogP contribution in [0.25, 0.3) is 0 Å². The molecule has 3 atom stereocenters. The Hall–Kier alpha value is -0.0551. The summed E-state index contributed by atoms with van der Waals surface area (Å²) in [7, 11) is 6.02. The normalized spacial score (nSPS) is 55.3. The zero-order valence-electron chi connectivity index (χ0n) is 6.58. The van der Waals surface area contributed by atoms with Crippen molar-refractivity contribution in [2.45, 2.75) is 17.3 Å². The van der Waals surface area contributed by atoms with E-state index >= 15 is 0 Å². The molecule has 0 saturated carbocycles. The molecule has 2 radical (unpaired) electrons. The maximum absolute atomic E-state index is 9.96. The molecule has 0 aliphatic carbocycles. The Bertz CT molecular complexity index is 187. The lowest BCUT2D eigenvalue weighted by molar-refractivity contribution is 0.0111. The molecule has 2 heterocycles. The highest BCUT2D eigenvalue weighted by molar-refractivity contribution is 6.17. The smallest absolute Gasteiger partial charge is 0.0885 e. The van der Waals surface area contributed by atoms with Gasteiger partial charge >= 0.3 is 0 Å². The fourth-order valence-electron chi connectivity index (χ4n) is 2.22. The molecule has 2 rings (SSSR count). The van der Waals surface area contributed by atoms with Crippen LogP contribution in [0, 0.1) is 0 Å². The lowest BCUT2D eigenvalue weighted by atomic mass is 9.58. The summed E-state index contributed by atoms with van der Waals surface area (Å²) in [5, 5.41) is 9.53. The number of aliphatic hydroxyl groups is 1. The van der Waals surface area contributed by atoms with Gasteiger partial charge in [-0.1, -0.05) is 0 Å². The summed E-state index contributed by atoms with van der Waals surface area (Å²) in [4.78, 5) is 2.17. The van der Waals surface area contributed by atoms with Crippen molar-refractivity contribution < 1.29 is 5.11 Å². The minimum absolute atomic E-state index is 0.278. The van der Waals surface area contributed by atoms with E-state index < -0.39 is 10.9 Å². The summed E-state index contributed by atoms with van der Waals surface area (Å²) < 4.78 is 0. The highest BCUT2D eigenvalue weighted by Crippen LogP contribution is 2.50. The van der Waals surface area contributed by atoms with Crippen LogP contribution in [0.2, 0.25) is 5.31 Å². The van der Waals surface area contributed by atoms with E-state index in [1.807, 2.05) is 0 Å². The van der Waals surface area contributed by atoms with Gasteiger partial charge < -0.3 is 15.7 Å². The first kappa shape index (κ1) is 7.59. The third-order valence-corrected chi connectivity index (χ3v) is 3.13. The Kier molecular flexibility index (Phi) is 1.38. The number of nitrogens with two attached hydrogens (primary N) is 1. The molecular weight excluding hydrogens is 139 g/mol. The van der Waals surface area contributed by atoms with Gasteiger partial charge in [-0.05, 0) is 24.8 Å².